The fourth-order valence-electron chi connectivity index (χ4n) is 4.49. The van der Waals surface area contributed by atoms with Gasteiger partial charge in [-0.15, -0.1) is 0 Å². The van der Waals surface area contributed by atoms with Crippen molar-refractivity contribution in [3.63, 3.8) is 0 Å². The highest BCUT2D eigenvalue weighted by molar-refractivity contribution is 5.38. The number of halogens is 1. The molecule has 1 aromatic carbocycles. The molecule has 0 amide bonds. The van der Waals surface area contributed by atoms with E-state index in [9.17, 15) is 4.39 Å². The van der Waals surface area contributed by atoms with E-state index >= 15 is 0 Å². The number of rotatable bonds is 4. The summed E-state index contributed by atoms with van der Waals surface area (Å²) in [6.07, 6.45) is 12.6. The van der Waals surface area contributed by atoms with Crippen molar-refractivity contribution in [1.29, 1.82) is 0 Å². The summed E-state index contributed by atoms with van der Waals surface area (Å²) in [6, 6.07) is 5.47. The smallest absolute Gasteiger partial charge is 0.127 e. The van der Waals surface area contributed by atoms with E-state index in [1.165, 1.54) is 57.8 Å². The van der Waals surface area contributed by atoms with Crippen LogP contribution in [-0.4, -0.2) is 0 Å². The number of hydrogen-bond donors (Lipinski definition) is 0. The first-order valence-electron chi connectivity index (χ1n) is 9.42. The van der Waals surface area contributed by atoms with Gasteiger partial charge in [-0.25, -0.2) is 4.39 Å². The topological polar surface area (TPSA) is 0 Å². The van der Waals surface area contributed by atoms with Gasteiger partial charge in [-0.1, -0.05) is 44.6 Å². The van der Waals surface area contributed by atoms with Gasteiger partial charge in [-0.05, 0) is 74.5 Å². The number of aryl methyl sites for hydroxylation is 1. The minimum absolute atomic E-state index is 0.109. The number of hydrogen-bond acceptors (Lipinski definition) is 0. The van der Waals surface area contributed by atoms with E-state index in [1.54, 1.807) is 6.07 Å². The quantitative estimate of drug-likeness (QED) is 0.575. The first kappa shape index (κ1) is 16.6. The predicted molar refractivity (Wildman–Crippen MR) is 94.7 cm³/mol. The minimum Gasteiger partial charge on any atom is -0.207 e. The molecular formula is C22H29F. The third kappa shape index (κ3) is 3.47. The summed E-state index contributed by atoms with van der Waals surface area (Å²) in [7, 11) is 0. The molecule has 4 rings (SSSR count). The summed E-state index contributed by atoms with van der Waals surface area (Å²) in [4.78, 5) is 0. The molecule has 124 valence electrons. The van der Waals surface area contributed by atoms with Crippen LogP contribution in [0.1, 0.15) is 82.8 Å². The maximum atomic E-state index is 13.9. The van der Waals surface area contributed by atoms with E-state index in [2.05, 4.69) is 18.8 Å². The SMILES string of the molecule is CCCCC12CCC(C#Cc3ccc(CC)c(F)c3)(CC1)CC2. The van der Waals surface area contributed by atoms with Gasteiger partial charge in [0.2, 0.25) is 0 Å². The molecule has 3 aliphatic carbocycles. The van der Waals surface area contributed by atoms with Crippen molar-refractivity contribution in [2.24, 2.45) is 10.8 Å². The second-order valence-electron chi connectivity index (χ2n) is 7.79. The summed E-state index contributed by atoms with van der Waals surface area (Å²) < 4.78 is 13.9. The fraction of sp³-hybridized carbons (Fsp3) is 0.636. The van der Waals surface area contributed by atoms with E-state index in [0.29, 0.717) is 5.41 Å². The van der Waals surface area contributed by atoms with Crippen LogP contribution in [0.3, 0.4) is 0 Å². The van der Waals surface area contributed by atoms with Crippen molar-refractivity contribution >= 4 is 0 Å². The number of benzene rings is 1. The predicted octanol–water partition coefficient (Wildman–Crippen LogP) is 6.27. The molecule has 1 aromatic rings. The molecule has 0 N–H and O–H groups in total. The summed E-state index contributed by atoms with van der Waals surface area (Å²) in [5.74, 6) is 6.74. The van der Waals surface area contributed by atoms with E-state index < -0.39 is 0 Å². The summed E-state index contributed by atoms with van der Waals surface area (Å²) in [6.45, 7) is 4.28. The van der Waals surface area contributed by atoms with E-state index in [1.807, 2.05) is 19.1 Å². The molecule has 3 aliphatic rings. The molecule has 0 nitrogen and oxygen atoms in total. The van der Waals surface area contributed by atoms with Gasteiger partial charge in [-0.2, -0.15) is 0 Å². The lowest BCUT2D eigenvalue weighted by Crippen LogP contribution is -2.40. The Morgan fingerprint density at radius 1 is 1.04 bits per heavy atom. The van der Waals surface area contributed by atoms with Crippen molar-refractivity contribution in [3.05, 3.63) is 35.1 Å². The van der Waals surface area contributed by atoms with Crippen molar-refractivity contribution in [2.45, 2.75) is 78.1 Å². The van der Waals surface area contributed by atoms with Crippen LogP contribution in [0, 0.1) is 28.5 Å². The number of unbranched alkanes of at least 4 members (excludes halogenated alkanes) is 1. The minimum atomic E-state index is -0.109. The first-order valence-corrected chi connectivity index (χ1v) is 9.42. The molecule has 0 aromatic heterocycles. The Morgan fingerprint density at radius 2 is 1.74 bits per heavy atom. The third-order valence-corrected chi connectivity index (χ3v) is 6.37. The molecule has 0 aliphatic heterocycles. The van der Waals surface area contributed by atoms with Gasteiger partial charge >= 0.3 is 0 Å². The average Bonchev–Trinajstić information content (AvgIpc) is 2.60. The van der Waals surface area contributed by atoms with Gasteiger partial charge in [0.1, 0.15) is 5.82 Å². The van der Waals surface area contributed by atoms with Crippen molar-refractivity contribution < 1.29 is 4.39 Å². The molecule has 23 heavy (non-hydrogen) atoms. The van der Waals surface area contributed by atoms with Crippen LogP contribution in [0.4, 0.5) is 4.39 Å². The van der Waals surface area contributed by atoms with Crippen LogP contribution < -0.4 is 0 Å². The summed E-state index contributed by atoms with van der Waals surface area (Å²) in [5, 5.41) is 0. The van der Waals surface area contributed by atoms with E-state index in [-0.39, 0.29) is 11.2 Å². The van der Waals surface area contributed by atoms with Crippen molar-refractivity contribution in [3.8, 4) is 11.8 Å². The van der Waals surface area contributed by atoms with Crippen LogP contribution in [0.2, 0.25) is 0 Å². The van der Waals surface area contributed by atoms with Gasteiger partial charge in [0.05, 0.1) is 0 Å². The van der Waals surface area contributed by atoms with Crippen LogP contribution in [0.15, 0.2) is 18.2 Å². The van der Waals surface area contributed by atoms with Crippen LogP contribution in [-0.2, 0) is 6.42 Å². The second kappa shape index (κ2) is 6.68. The largest absolute Gasteiger partial charge is 0.207 e. The standard InChI is InChI=1S/C22H29F/c1-3-5-9-21-11-14-22(15-12-21,16-13-21)10-8-18-6-7-19(4-2)20(23)17-18/h6-7,17H,3-5,9,11-16H2,1-2H3. The Bertz CT molecular complexity index is 592. The van der Waals surface area contributed by atoms with Crippen molar-refractivity contribution in [2.75, 3.05) is 0 Å². The van der Waals surface area contributed by atoms with E-state index in [0.717, 1.165) is 17.5 Å². The first-order chi connectivity index (χ1) is 11.1. The van der Waals surface area contributed by atoms with Gasteiger partial charge in [0.15, 0.2) is 0 Å². The Kier molecular flexibility index (Phi) is 4.81. The zero-order valence-corrected chi connectivity index (χ0v) is 14.7. The molecule has 0 spiro atoms. The molecule has 0 unspecified atom stereocenters. The Labute approximate surface area is 140 Å². The highest BCUT2D eigenvalue weighted by Gasteiger charge is 2.47. The fourth-order valence-corrected chi connectivity index (χ4v) is 4.49. The van der Waals surface area contributed by atoms with Gasteiger partial charge < -0.3 is 0 Å². The van der Waals surface area contributed by atoms with Crippen LogP contribution >= 0.6 is 0 Å². The van der Waals surface area contributed by atoms with Gasteiger partial charge in [0.25, 0.3) is 0 Å². The van der Waals surface area contributed by atoms with Crippen LogP contribution in [0.5, 0.6) is 0 Å². The highest BCUT2D eigenvalue weighted by atomic mass is 19.1. The normalized spacial score (nSPS) is 29.2. The number of fused-ring (bicyclic) bond motifs is 3. The third-order valence-electron chi connectivity index (χ3n) is 6.37. The molecule has 2 bridgehead atoms. The molecule has 3 fully saturated rings. The summed E-state index contributed by atoms with van der Waals surface area (Å²) >= 11 is 0. The van der Waals surface area contributed by atoms with Gasteiger partial charge in [-0.3, -0.25) is 0 Å². The molecule has 0 atom stereocenters. The maximum absolute atomic E-state index is 13.9. The zero-order valence-electron chi connectivity index (χ0n) is 14.7. The Balaban J connectivity index is 1.70. The molecule has 0 radical (unpaired) electrons. The Morgan fingerprint density at radius 3 is 2.30 bits per heavy atom. The average molecular weight is 312 g/mol. The lowest BCUT2D eigenvalue weighted by molar-refractivity contribution is 0.0189. The molecular weight excluding hydrogens is 283 g/mol. The lowest BCUT2D eigenvalue weighted by atomic mass is 9.53. The Hall–Kier alpha value is -1.29. The summed E-state index contributed by atoms with van der Waals surface area (Å²) in [5.41, 5.74) is 2.47. The zero-order chi connectivity index (χ0) is 16.3. The lowest BCUT2D eigenvalue weighted by Gasteiger charge is -2.51. The monoisotopic (exact) mass is 312 g/mol. The maximum Gasteiger partial charge on any atom is 0.127 e. The molecule has 0 saturated heterocycles. The molecule has 0 heterocycles. The molecule has 1 heteroatoms. The van der Waals surface area contributed by atoms with E-state index in [4.69, 9.17) is 0 Å². The van der Waals surface area contributed by atoms with Crippen LogP contribution in [0.25, 0.3) is 0 Å². The van der Waals surface area contributed by atoms with Gasteiger partial charge in [0, 0.05) is 11.0 Å². The second-order valence-corrected chi connectivity index (χ2v) is 7.79. The highest BCUT2D eigenvalue weighted by Crippen LogP contribution is 2.58. The molecule has 3 saturated carbocycles. The van der Waals surface area contributed by atoms with Crippen molar-refractivity contribution in [1.82, 2.24) is 0 Å².